The van der Waals surface area contributed by atoms with Crippen LogP contribution in [-0.4, -0.2) is 55.7 Å². The summed E-state index contributed by atoms with van der Waals surface area (Å²) in [6.45, 7) is 2.31. The number of carbonyl (C=O) groups excluding carboxylic acids is 2. The van der Waals surface area contributed by atoms with E-state index in [1.807, 2.05) is 4.90 Å². The molecule has 148 valence electrons. The number of nitrogens with zero attached hydrogens (tertiary/aromatic N) is 1. The lowest BCUT2D eigenvalue weighted by Crippen LogP contribution is -2.54. The van der Waals surface area contributed by atoms with Gasteiger partial charge in [-0.25, -0.2) is 4.79 Å². The third-order valence-corrected chi connectivity index (χ3v) is 5.90. The first-order valence-electron chi connectivity index (χ1n) is 9.55. The molecule has 1 saturated carbocycles. The Kier molecular flexibility index (Phi) is 6.27. The minimum atomic E-state index is -0.448. The molecular weight excluding hydrogens is 368 g/mol. The topological polar surface area (TPSA) is 67.9 Å². The first-order valence-corrected chi connectivity index (χ1v) is 9.55. The largest absolute Gasteiger partial charge is 0.493 e. The molecular formula is C20H27ClN2O4. The highest BCUT2D eigenvalue weighted by molar-refractivity contribution is 5.99. The summed E-state index contributed by atoms with van der Waals surface area (Å²) in [5, 5.41) is 3.39. The first kappa shape index (κ1) is 20.0. The van der Waals surface area contributed by atoms with Gasteiger partial charge in [0, 0.05) is 30.7 Å². The summed E-state index contributed by atoms with van der Waals surface area (Å²) in [5.41, 5.74) is 0.875. The van der Waals surface area contributed by atoms with E-state index >= 15 is 0 Å². The van der Waals surface area contributed by atoms with E-state index in [1.54, 1.807) is 18.2 Å². The molecule has 2 saturated heterocycles. The van der Waals surface area contributed by atoms with Crippen LogP contribution in [0.15, 0.2) is 18.2 Å². The van der Waals surface area contributed by atoms with E-state index in [-0.39, 0.29) is 30.4 Å². The number of methoxy groups -OCH3 is 1. The zero-order valence-corrected chi connectivity index (χ0v) is 16.4. The molecule has 0 unspecified atom stereocenters. The predicted octanol–water partition coefficient (Wildman–Crippen LogP) is 2.65. The van der Waals surface area contributed by atoms with E-state index in [1.165, 1.54) is 26.4 Å². The number of carbonyl (C=O) groups is 2. The Morgan fingerprint density at radius 3 is 2.33 bits per heavy atom. The zero-order valence-electron chi connectivity index (χ0n) is 15.6. The molecule has 1 N–H and O–H groups in total. The van der Waals surface area contributed by atoms with Gasteiger partial charge in [-0.2, -0.15) is 0 Å². The number of piperazine rings is 1. The second kappa shape index (κ2) is 8.48. The number of amides is 1. The molecule has 2 bridgehead atoms. The van der Waals surface area contributed by atoms with Crippen LogP contribution in [0.4, 0.5) is 0 Å². The zero-order chi connectivity index (χ0) is 18.1. The van der Waals surface area contributed by atoms with Gasteiger partial charge in [0.2, 0.25) is 0 Å². The highest BCUT2D eigenvalue weighted by Crippen LogP contribution is 2.31. The fourth-order valence-corrected chi connectivity index (χ4v) is 4.17. The lowest BCUT2D eigenvalue weighted by Gasteiger charge is -2.35. The molecule has 0 aromatic heterocycles. The van der Waals surface area contributed by atoms with Crippen LogP contribution in [0.3, 0.4) is 0 Å². The molecule has 7 heteroatoms. The number of ether oxygens (including phenoxy) is 2. The molecule has 2 aliphatic heterocycles. The number of hydrogen-bond acceptors (Lipinski definition) is 5. The molecule has 27 heavy (non-hydrogen) atoms. The molecule has 4 rings (SSSR count). The maximum absolute atomic E-state index is 13.2. The number of halogens is 1. The van der Waals surface area contributed by atoms with Crippen molar-refractivity contribution >= 4 is 24.3 Å². The van der Waals surface area contributed by atoms with Gasteiger partial charge < -0.3 is 19.7 Å². The third kappa shape index (κ3) is 4.06. The molecule has 1 amide bonds. The summed E-state index contributed by atoms with van der Waals surface area (Å²) >= 11 is 0. The maximum Gasteiger partial charge on any atom is 0.338 e. The summed E-state index contributed by atoms with van der Waals surface area (Å²) in [6, 6.07) is 5.55. The van der Waals surface area contributed by atoms with E-state index in [9.17, 15) is 9.59 Å². The van der Waals surface area contributed by atoms with Gasteiger partial charge in [-0.05, 0) is 49.8 Å². The van der Waals surface area contributed by atoms with Gasteiger partial charge in [0.15, 0.2) is 0 Å². The van der Waals surface area contributed by atoms with Crippen molar-refractivity contribution in [3.05, 3.63) is 29.3 Å². The monoisotopic (exact) mass is 394 g/mol. The van der Waals surface area contributed by atoms with Crippen molar-refractivity contribution in [1.82, 2.24) is 10.2 Å². The highest BCUT2D eigenvalue weighted by Gasteiger charge is 2.40. The first-order chi connectivity index (χ1) is 12.7. The molecule has 3 aliphatic rings. The van der Waals surface area contributed by atoms with E-state index in [2.05, 4.69) is 5.32 Å². The number of esters is 1. The number of rotatable bonds is 5. The molecule has 6 nitrogen and oxygen atoms in total. The predicted molar refractivity (Wildman–Crippen MR) is 104 cm³/mol. The van der Waals surface area contributed by atoms with Crippen LogP contribution in [0.1, 0.15) is 52.8 Å². The van der Waals surface area contributed by atoms with Crippen molar-refractivity contribution in [3.63, 3.8) is 0 Å². The van der Waals surface area contributed by atoms with Crippen LogP contribution in [0.25, 0.3) is 0 Å². The lowest BCUT2D eigenvalue weighted by atomic mass is 9.86. The molecule has 3 fully saturated rings. The van der Waals surface area contributed by atoms with Crippen LogP contribution in [0.2, 0.25) is 0 Å². The molecule has 2 atom stereocenters. The lowest BCUT2D eigenvalue weighted by molar-refractivity contribution is 0.0599. The molecule has 1 aliphatic carbocycles. The van der Waals surface area contributed by atoms with Gasteiger partial charge in [0.05, 0.1) is 19.3 Å². The second-order valence-electron chi connectivity index (χ2n) is 7.60. The summed E-state index contributed by atoms with van der Waals surface area (Å²) in [5.74, 6) is 0.695. The molecule has 1 aromatic carbocycles. The fourth-order valence-electron chi connectivity index (χ4n) is 4.17. The Labute approximate surface area is 166 Å². The van der Waals surface area contributed by atoms with Crippen molar-refractivity contribution in [2.75, 3.05) is 26.8 Å². The minimum Gasteiger partial charge on any atom is -0.493 e. The number of hydrogen-bond donors (Lipinski definition) is 1. The van der Waals surface area contributed by atoms with Gasteiger partial charge in [-0.15, -0.1) is 12.4 Å². The highest BCUT2D eigenvalue weighted by atomic mass is 35.5. The maximum atomic E-state index is 13.2. The number of fused-ring (bicyclic) bond motifs is 2. The second-order valence-corrected chi connectivity index (χ2v) is 7.60. The van der Waals surface area contributed by atoms with Gasteiger partial charge in [-0.3, -0.25) is 4.79 Å². The van der Waals surface area contributed by atoms with Crippen LogP contribution >= 0.6 is 12.4 Å². The van der Waals surface area contributed by atoms with E-state index < -0.39 is 5.97 Å². The molecule has 1 aromatic rings. The van der Waals surface area contributed by atoms with Crippen molar-refractivity contribution in [1.29, 1.82) is 0 Å². The standard InChI is InChI=1S/C20H26N2O4.ClH/c1-25-20(24)15-7-14(8-18(9-15)26-12-13-3-2-4-13)19(23)22-16-5-6-17(22)11-21-10-16;/h7-9,13,16-17,21H,2-6,10-12H2,1H3;1H/t16-,17+;. The summed E-state index contributed by atoms with van der Waals surface area (Å²) in [4.78, 5) is 27.2. The Morgan fingerprint density at radius 1 is 1.07 bits per heavy atom. The number of benzene rings is 1. The Hall–Kier alpha value is -1.79. The smallest absolute Gasteiger partial charge is 0.338 e. The van der Waals surface area contributed by atoms with Gasteiger partial charge in [-0.1, -0.05) is 6.42 Å². The van der Waals surface area contributed by atoms with E-state index in [0.29, 0.717) is 29.4 Å². The van der Waals surface area contributed by atoms with E-state index in [0.717, 1.165) is 25.9 Å². The molecule has 0 radical (unpaired) electrons. The summed E-state index contributed by atoms with van der Waals surface area (Å²) in [6.07, 6.45) is 5.70. The van der Waals surface area contributed by atoms with Crippen molar-refractivity contribution in [2.45, 2.75) is 44.2 Å². The van der Waals surface area contributed by atoms with Crippen LogP contribution in [0, 0.1) is 5.92 Å². The number of nitrogens with one attached hydrogen (secondary N) is 1. The average molecular weight is 395 g/mol. The van der Waals surface area contributed by atoms with Crippen LogP contribution in [-0.2, 0) is 4.74 Å². The van der Waals surface area contributed by atoms with Gasteiger partial charge >= 0.3 is 5.97 Å². The normalized spacial score (nSPS) is 24.0. The Balaban J connectivity index is 0.00000210. The van der Waals surface area contributed by atoms with Gasteiger partial charge in [0.1, 0.15) is 5.75 Å². The van der Waals surface area contributed by atoms with Crippen molar-refractivity contribution < 1.29 is 19.1 Å². The van der Waals surface area contributed by atoms with Crippen LogP contribution in [0.5, 0.6) is 5.75 Å². The average Bonchev–Trinajstić information content (AvgIpc) is 2.87. The third-order valence-electron chi connectivity index (χ3n) is 5.90. The fraction of sp³-hybridized carbons (Fsp3) is 0.600. The quantitative estimate of drug-likeness (QED) is 0.777. The summed E-state index contributed by atoms with van der Waals surface area (Å²) in [7, 11) is 1.35. The minimum absolute atomic E-state index is 0. The molecule has 2 heterocycles. The van der Waals surface area contributed by atoms with Crippen molar-refractivity contribution in [2.24, 2.45) is 5.92 Å². The summed E-state index contributed by atoms with van der Waals surface area (Å²) < 4.78 is 10.8. The SMILES string of the molecule is COC(=O)c1cc(OCC2CCC2)cc(C(=O)N2[C@@H]3CC[C@H]2CNC3)c1.Cl. The van der Waals surface area contributed by atoms with E-state index in [4.69, 9.17) is 9.47 Å². The van der Waals surface area contributed by atoms with Crippen LogP contribution < -0.4 is 10.1 Å². The van der Waals surface area contributed by atoms with Crippen molar-refractivity contribution in [3.8, 4) is 5.75 Å². The Bertz CT molecular complexity index is 691. The molecule has 0 spiro atoms. The Morgan fingerprint density at radius 2 is 1.74 bits per heavy atom. The van der Waals surface area contributed by atoms with Gasteiger partial charge in [0.25, 0.3) is 5.91 Å².